The number of aryl methyl sites for hydroxylation is 2. The van der Waals surface area contributed by atoms with Crippen molar-refractivity contribution in [1.82, 2.24) is 9.88 Å². The van der Waals surface area contributed by atoms with Gasteiger partial charge in [0.1, 0.15) is 5.82 Å². The second-order valence-electron chi connectivity index (χ2n) is 5.53. The average molecular weight is 312 g/mol. The summed E-state index contributed by atoms with van der Waals surface area (Å²) in [5.74, 6) is 0.172. The van der Waals surface area contributed by atoms with Crippen molar-refractivity contribution in [3.05, 3.63) is 53.2 Å². The minimum atomic E-state index is -0.402. The lowest BCUT2D eigenvalue weighted by molar-refractivity contribution is 0.0827. The summed E-state index contributed by atoms with van der Waals surface area (Å²) < 4.78 is 0. The molecule has 0 saturated heterocycles. The van der Waals surface area contributed by atoms with E-state index in [4.69, 9.17) is 0 Å². The minimum absolute atomic E-state index is 0.148. The van der Waals surface area contributed by atoms with Gasteiger partial charge in [-0.25, -0.2) is 9.78 Å². The molecule has 2 rings (SSSR count). The molecule has 0 aliphatic rings. The van der Waals surface area contributed by atoms with Gasteiger partial charge in [-0.2, -0.15) is 0 Å². The van der Waals surface area contributed by atoms with Crippen LogP contribution in [0.2, 0.25) is 0 Å². The Hall–Kier alpha value is -2.89. The number of carbonyl (C=O) groups is 2. The summed E-state index contributed by atoms with van der Waals surface area (Å²) in [5.41, 5.74) is 3.23. The van der Waals surface area contributed by atoms with Crippen LogP contribution in [-0.2, 0) is 0 Å². The van der Waals surface area contributed by atoms with E-state index in [1.54, 1.807) is 26.2 Å². The first-order valence-electron chi connectivity index (χ1n) is 7.20. The van der Waals surface area contributed by atoms with Gasteiger partial charge in [-0.3, -0.25) is 10.1 Å². The van der Waals surface area contributed by atoms with Gasteiger partial charge in [0.25, 0.3) is 5.91 Å². The summed E-state index contributed by atoms with van der Waals surface area (Å²) in [7, 11) is 3.34. The largest absolute Gasteiger partial charge is 0.345 e. The van der Waals surface area contributed by atoms with Crippen LogP contribution in [0.5, 0.6) is 0 Å². The van der Waals surface area contributed by atoms with Crippen LogP contribution in [-0.4, -0.2) is 35.9 Å². The van der Waals surface area contributed by atoms with Crippen LogP contribution in [0.1, 0.15) is 21.5 Å². The second-order valence-corrected chi connectivity index (χ2v) is 5.53. The number of hydrogen-bond acceptors (Lipinski definition) is 3. The number of rotatable bonds is 3. The van der Waals surface area contributed by atoms with Gasteiger partial charge in [0.2, 0.25) is 0 Å². The molecule has 0 unspecified atom stereocenters. The summed E-state index contributed by atoms with van der Waals surface area (Å²) in [6.45, 7) is 3.88. The molecule has 1 aromatic heterocycles. The maximum atomic E-state index is 12.1. The summed E-state index contributed by atoms with van der Waals surface area (Å²) in [4.78, 5) is 29.6. The molecule has 0 aliphatic heterocycles. The molecule has 0 atom stereocenters. The molecule has 1 aromatic carbocycles. The van der Waals surface area contributed by atoms with E-state index in [0.29, 0.717) is 11.4 Å². The maximum absolute atomic E-state index is 12.1. The highest BCUT2D eigenvalue weighted by Crippen LogP contribution is 2.17. The summed E-state index contributed by atoms with van der Waals surface area (Å²) >= 11 is 0. The van der Waals surface area contributed by atoms with Gasteiger partial charge in [0.05, 0.1) is 0 Å². The monoisotopic (exact) mass is 312 g/mol. The molecule has 2 aromatic rings. The fourth-order valence-corrected chi connectivity index (χ4v) is 2.03. The molecule has 1 heterocycles. The Balaban J connectivity index is 2.10. The quantitative estimate of drug-likeness (QED) is 0.914. The Labute approximate surface area is 135 Å². The van der Waals surface area contributed by atoms with Crippen molar-refractivity contribution in [3.63, 3.8) is 0 Å². The number of carbonyl (C=O) groups excluding carboxylic acids is 2. The van der Waals surface area contributed by atoms with E-state index in [-0.39, 0.29) is 5.91 Å². The van der Waals surface area contributed by atoms with Crippen molar-refractivity contribution >= 4 is 23.4 Å². The van der Waals surface area contributed by atoms with Crippen molar-refractivity contribution < 1.29 is 9.59 Å². The van der Waals surface area contributed by atoms with Crippen LogP contribution in [0.25, 0.3) is 0 Å². The molecule has 6 nitrogen and oxygen atoms in total. The van der Waals surface area contributed by atoms with E-state index in [1.807, 2.05) is 32.0 Å². The lowest BCUT2D eigenvalue weighted by Crippen LogP contribution is -2.23. The fourth-order valence-electron chi connectivity index (χ4n) is 2.03. The number of urea groups is 1. The zero-order chi connectivity index (χ0) is 17.0. The molecule has 0 radical (unpaired) electrons. The average Bonchev–Trinajstić information content (AvgIpc) is 2.50. The van der Waals surface area contributed by atoms with Crippen LogP contribution < -0.4 is 10.6 Å². The predicted molar refractivity (Wildman–Crippen MR) is 90.8 cm³/mol. The minimum Gasteiger partial charge on any atom is -0.345 e. The highest BCUT2D eigenvalue weighted by Gasteiger charge is 2.11. The van der Waals surface area contributed by atoms with Gasteiger partial charge < -0.3 is 10.2 Å². The van der Waals surface area contributed by atoms with Crippen molar-refractivity contribution in [3.8, 4) is 0 Å². The fraction of sp³-hybridized carbons (Fsp3) is 0.235. The maximum Gasteiger partial charge on any atom is 0.324 e. The highest BCUT2D eigenvalue weighted by molar-refractivity contribution is 6.01. The van der Waals surface area contributed by atoms with Crippen LogP contribution in [0, 0.1) is 13.8 Å². The lowest BCUT2D eigenvalue weighted by Gasteiger charge is -2.12. The summed E-state index contributed by atoms with van der Waals surface area (Å²) in [6.07, 6.45) is 1.49. The first-order valence-corrected chi connectivity index (χ1v) is 7.20. The number of benzene rings is 1. The molecule has 0 fully saturated rings. The van der Waals surface area contributed by atoms with E-state index in [1.165, 1.54) is 11.1 Å². The number of anilines is 2. The molecule has 0 aliphatic carbocycles. The van der Waals surface area contributed by atoms with Crippen molar-refractivity contribution in [2.24, 2.45) is 0 Å². The molecular weight excluding hydrogens is 292 g/mol. The first-order chi connectivity index (χ1) is 10.9. The Morgan fingerprint density at radius 2 is 1.78 bits per heavy atom. The predicted octanol–water partition coefficient (Wildman–Crippen LogP) is 3.04. The zero-order valence-corrected chi connectivity index (χ0v) is 13.7. The van der Waals surface area contributed by atoms with E-state index in [2.05, 4.69) is 15.6 Å². The van der Waals surface area contributed by atoms with E-state index in [0.717, 1.165) is 16.8 Å². The number of aromatic nitrogens is 1. The second kappa shape index (κ2) is 6.91. The zero-order valence-electron chi connectivity index (χ0n) is 13.7. The highest BCUT2D eigenvalue weighted by atomic mass is 16.2. The summed E-state index contributed by atoms with van der Waals surface area (Å²) in [5, 5.41) is 5.42. The van der Waals surface area contributed by atoms with Crippen LogP contribution in [0.15, 0.2) is 36.5 Å². The van der Waals surface area contributed by atoms with Gasteiger partial charge in [0.15, 0.2) is 0 Å². The number of hydrogen-bond donors (Lipinski definition) is 2. The van der Waals surface area contributed by atoms with Gasteiger partial charge in [-0.05, 0) is 43.2 Å². The SMILES string of the molecule is Cc1ccc(C)c(NC(=O)Nc2cc(C(=O)N(C)C)ccn2)c1. The third kappa shape index (κ3) is 4.29. The van der Waals surface area contributed by atoms with Crippen LogP contribution in [0.4, 0.5) is 16.3 Å². The van der Waals surface area contributed by atoms with Gasteiger partial charge >= 0.3 is 6.03 Å². The normalized spacial score (nSPS) is 10.1. The topological polar surface area (TPSA) is 74.3 Å². The Kier molecular flexibility index (Phi) is 4.95. The Bertz CT molecular complexity index is 741. The van der Waals surface area contributed by atoms with Gasteiger partial charge in [-0.1, -0.05) is 12.1 Å². The first kappa shape index (κ1) is 16.5. The smallest absolute Gasteiger partial charge is 0.324 e. The van der Waals surface area contributed by atoms with Crippen molar-refractivity contribution in [2.45, 2.75) is 13.8 Å². The number of nitrogens with zero attached hydrogens (tertiary/aromatic N) is 2. The molecular formula is C17H20N4O2. The van der Waals surface area contributed by atoms with Crippen molar-refractivity contribution in [1.29, 1.82) is 0 Å². The molecule has 23 heavy (non-hydrogen) atoms. The third-order valence-electron chi connectivity index (χ3n) is 3.30. The molecule has 0 bridgehead atoms. The molecule has 0 saturated carbocycles. The molecule has 6 heteroatoms. The number of pyridine rings is 1. The van der Waals surface area contributed by atoms with Gasteiger partial charge in [0, 0.05) is 31.5 Å². The van der Waals surface area contributed by atoms with E-state index >= 15 is 0 Å². The van der Waals surface area contributed by atoms with Crippen molar-refractivity contribution in [2.75, 3.05) is 24.7 Å². The van der Waals surface area contributed by atoms with Gasteiger partial charge in [-0.15, -0.1) is 0 Å². The molecule has 120 valence electrons. The lowest BCUT2D eigenvalue weighted by atomic mass is 10.1. The number of amides is 3. The van der Waals surface area contributed by atoms with E-state index in [9.17, 15) is 9.59 Å². The Morgan fingerprint density at radius 1 is 1.04 bits per heavy atom. The molecule has 2 N–H and O–H groups in total. The Morgan fingerprint density at radius 3 is 2.48 bits per heavy atom. The summed E-state index contributed by atoms with van der Waals surface area (Å²) in [6, 6.07) is 8.58. The standard InChI is InChI=1S/C17H20N4O2/c1-11-5-6-12(2)14(9-11)19-17(23)20-15-10-13(7-8-18-15)16(22)21(3)4/h5-10H,1-4H3,(H2,18,19,20,23). The number of nitrogens with one attached hydrogen (secondary N) is 2. The van der Waals surface area contributed by atoms with Crippen LogP contribution in [0.3, 0.4) is 0 Å². The molecule has 0 spiro atoms. The molecule has 3 amide bonds. The van der Waals surface area contributed by atoms with Crippen LogP contribution >= 0.6 is 0 Å². The van der Waals surface area contributed by atoms with E-state index < -0.39 is 6.03 Å². The third-order valence-corrected chi connectivity index (χ3v) is 3.30.